The zero-order valence-electron chi connectivity index (χ0n) is 13.4. The molecule has 0 aliphatic rings. The molecule has 0 fully saturated rings. The smallest absolute Gasteiger partial charge is 0.230 e. The van der Waals surface area contributed by atoms with E-state index in [1.165, 1.54) is 12.1 Å². The fourth-order valence-electron chi connectivity index (χ4n) is 2.39. The van der Waals surface area contributed by atoms with Gasteiger partial charge >= 0.3 is 0 Å². The number of nitrogens with one attached hydrogen (secondary N) is 1. The number of carbonyl (C=O) groups excluding carboxylic acids is 1. The molecule has 2 aromatic carbocycles. The number of benzene rings is 2. The number of rotatable bonds is 6. The Hall–Kier alpha value is -2.20. The lowest BCUT2D eigenvalue weighted by molar-refractivity contribution is -0.125. The molecule has 2 aromatic rings. The molecule has 1 amide bonds. The number of aliphatic hydroxyl groups is 1. The van der Waals surface area contributed by atoms with Gasteiger partial charge in [0.25, 0.3) is 0 Å². The summed E-state index contributed by atoms with van der Waals surface area (Å²) in [5.41, 5.74) is 0.615. The highest BCUT2D eigenvalue weighted by Gasteiger charge is 2.29. The summed E-state index contributed by atoms with van der Waals surface area (Å²) >= 11 is 0. The highest BCUT2D eigenvalue weighted by atomic mass is 19.1. The highest BCUT2D eigenvalue weighted by molar-refractivity contribution is 5.87. The van der Waals surface area contributed by atoms with Crippen LogP contribution in [0.5, 0.6) is 0 Å². The van der Waals surface area contributed by atoms with Gasteiger partial charge in [-0.3, -0.25) is 4.79 Å². The molecule has 0 bridgehead atoms. The first kappa shape index (κ1) is 17.2. The van der Waals surface area contributed by atoms with Gasteiger partial charge < -0.3 is 10.4 Å². The average Bonchev–Trinajstić information content (AvgIpc) is 2.55. The van der Waals surface area contributed by atoms with E-state index in [2.05, 4.69) is 5.32 Å². The minimum absolute atomic E-state index is 0.191. The summed E-state index contributed by atoms with van der Waals surface area (Å²) in [7, 11) is 0. The van der Waals surface area contributed by atoms with Gasteiger partial charge in [0.15, 0.2) is 0 Å². The van der Waals surface area contributed by atoms with Gasteiger partial charge in [-0.2, -0.15) is 0 Å². The van der Waals surface area contributed by atoms with E-state index in [0.717, 1.165) is 5.56 Å². The fraction of sp³-hybridized carbons (Fsp3) is 0.316. The number of amides is 1. The van der Waals surface area contributed by atoms with Crippen molar-refractivity contribution in [3.63, 3.8) is 0 Å². The quantitative estimate of drug-likeness (QED) is 0.859. The van der Waals surface area contributed by atoms with Gasteiger partial charge in [0.1, 0.15) is 5.82 Å². The van der Waals surface area contributed by atoms with E-state index < -0.39 is 11.5 Å². The Balaban J connectivity index is 1.91. The molecule has 0 saturated carbocycles. The molecule has 1 unspecified atom stereocenters. The van der Waals surface area contributed by atoms with E-state index in [-0.39, 0.29) is 11.7 Å². The molecule has 0 radical (unpaired) electrons. The molecule has 0 spiro atoms. The van der Waals surface area contributed by atoms with Crippen LogP contribution in [0.15, 0.2) is 54.6 Å². The van der Waals surface area contributed by atoms with Crippen LogP contribution in [0.3, 0.4) is 0 Å². The Morgan fingerprint density at radius 1 is 1.17 bits per heavy atom. The van der Waals surface area contributed by atoms with Crippen molar-refractivity contribution in [2.75, 3.05) is 6.54 Å². The summed E-state index contributed by atoms with van der Waals surface area (Å²) in [6.07, 6.45) is -0.191. The molecule has 2 rings (SSSR count). The van der Waals surface area contributed by atoms with E-state index >= 15 is 0 Å². The van der Waals surface area contributed by atoms with Crippen LogP contribution >= 0.6 is 0 Å². The van der Waals surface area contributed by atoms with Gasteiger partial charge in [-0.15, -0.1) is 0 Å². The summed E-state index contributed by atoms with van der Waals surface area (Å²) in [5.74, 6) is -0.550. The summed E-state index contributed by atoms with van der Waals surface area (Å²) in [4.78, 5) is 12.4. The molecule has 0 aliphatic carbocycles. The van der Waals surface area contributed by atoms with Crippen molar-refractivity contribution in [3.05, 3.63) is 71.5 Å². The van der Waals surface area contributed by atoms with Crippen LogP contribution in [0.25, 0.3) is 0 Å². The van der Waals surface area contributed by atoms with Crippen molar-refractivity contribution in [3.8, 4) is 0 Å². The predicted molar refractivity (Wildman–Crippen MR) is 88.5 cm³/mol. The van der Waals surface area contributed by atoms with E-state index in [1.807, 2.05) is 30.3 Å². The number of hydrogen-bond donors (Lipinski definition) is 2. The van der Waals surface area contributed by atoms with Gasteiger partial charge in [0, 0.05) is 6.54 Å². The van der Waals surface area contributed by atoms with Crippen LogP contribution < -0.4 is 5.32 Å². The number of halogens is 1. The average molecular weight is 315 g/mol. The summed E-state index contributed by atoms with van der Waals surface area (Å²) in [5, 5.41) is 12.9. The van der Waals surface area contributed by atoms with Crippen molar-refractivity contribution in [1.29, 1.82) is 0 Å². The van der Waals surface area contributed by atoms with Crippen LogP contribution in [-0.4, -0.2) is 17.6 Å². The summed E-state index contributed by atoms with van der Waals surface area (Å²) < 4.78 is 13.3. The van der Waals surface area contributed by atoms with E-state index in [0.29, 0.717) is 18.5 Å². The predicted octanol–water partition coefficient (Wildman–Crippen LogP) is 3.34. The third-order valence-corrected chi connectivity index (χ3v) is 4.00. The molecule has 0 aliphatic heterocycles. The molecular formula is C19H22FNO2. The lowest BCUT2D eigenvalue weighted by Crippen LogP contribution is -2.40. The zero-order valence-corrected chi connectivity index (χ0v) is 13.4. The molecule has 122 valence electrons. The van der Waals surface area contributed by atoms with Crippen molar-refractivity contribution in [2.24, 2.45) is 0 Å². The van der Waals surface area contributed by atoms with Crippen molar-refractivity contribution in [2.45, 2.75) is 31.8 Å². The zero-order chi connectivity index (χ0) is 16.9. The number of hydrogen-bond acceptors (Lipinski definition) is 2. The normalized spacial score (nSPS) is 12.7. The highest BCUT2D eigenvalue weighted by Crippen LogP contribution is 2.24. The number of carbonyl (C=O) groups is 1. The van der Waals surface area contributed by atoms with Crippen LogP contribution in [0.2, 0.25) is 0 Å². The van der Waals surface area contributed by atoms with Crippen LogP contribution in [-0.2, 0) is 10.2 Å². The largest absolute Gasteiger partial charge is 0.388 e. The molecule has 3 nitrogen and oxygen atoms in total. The molecule has 23 heavy (non-hydrogen) atoms. The Morgan fingerprint density at radius 2 is 1.87 bits per heavy atom. The van der Waals surface area contributed by atoms with Crippen LogP contribution in [0.4, 0.5) is 4.39 Å². The van der Waals surface area contributed by atoms with Crippen molar-refractivity contribution in [1.82, 2.24) is 5.32 Å². The van der Waals surface area contributed by atoms with Gasteiger partial charge in [-0.05, 0) is 43.5 Å². The van der Waals surface area contributed by atoms with E-state index in [1.54, 1.807) is 26.0 Å². The monoisotopic (exact) mass is 315 g/mol. The molecule has 2 N–H and O–H groups in total. The minimum atomic E-state index is -0.834. The third-order valence-electron chi connectivity index (χ3n) is 4.00. The Kier molecular flexibility index (Phi) is 5.50. The lowest BCUT2D eigenvalue weighted by atomic mass is 9.83. The summed E-state index contributed by atoms with van der Waals surface area (Å²) in [6.45, 7) is 3.86. The standard InChI is InChI=1S/C19H22FNO2/c1-19(2,15-9-6-10-16(20)13-15)18(23)21-12-11-17(22)14-7-4-3-5-8-14/h3-10,13,17,22H,11-12H2,1-2H3,(H,21,23). The molecular weight excluding hydrogens is 293 g/mol. The van der Waals surface area contributed by atoms with Crippen LogP contribution in [0.1, 0.15) is 37.5 Å². The SMILES string of the molecule is CC(C)(C(=O)NCCC(O)c1ccccc1)c1cccc(F)c1. The molecule has 0 heterocycles. The first-order valence-corrected chi connectivity index (χ1v) is 7.68. The summed E-state index contributed by atoms with van der Waals surface area (Å²) in [6, 6.07) is 15.4. The molecule has 4 heteroatoms. The van der Waals surface area contributed by atoms with Gasteiger partial charge in [-0.1, -0.05) is 42.5 Å². The Bertz CT molecular complexity index is 655. The first-order chi connectivity index (χ1) is 10.9. The first-order valence-electron chi connectivity index (χ1n) is 7.68. The topological polar surface area (TPSA) is 49.3 Å². The lowest BCUT2D eigenvalue weighted by Gasteiger charge is -2.24. The van der Waals surface area contributed by atoms with E-state index in [4.69, 9.17) is 0 Å². The van der Waals surface area contributed by atoms with Gasteiger partial charge in [0.05, 0.1) is 11.5 Å². The fourth-order valence-corrected chi connectivity index (χ4v) is 2.39. The van der Waals surface area contributed by atoms with E-state index in [9.17, 15) is 14.3 Å². The van der Waals surface area contributed by atoms with Crippen LogP contribution in [0, 0.1) is 5.82 Å². The van der Waals surface area contributed by atoms with Gasteiger partial charge in [-0.25, -0.2) is 4.39 Å². The maximum atomic E-state index is 13.3. The Labute approximate surface area is 136 Å². The van der Waals surface area contributed by atoms with Crippen molar-refractivity contribution >= 4 is 5.91 Å². The third kappa shape index (κ3) is 4.39. The number of aliphatic hydroxyl groups excluding tert-OH is 1. The second-order valence-electron chi connectivity index (χ2n) is 6.11. The Morgan fingerprint density at radius 3 is 2.52 bits per heavy atom. The van der Waals surface area contributed by atoms with Crippen molar-refractivity contribution < 1.29 is 14.3 Å². The molecule has 0 saturated heterocycles. The maximum Gasteiger partial charge on any atom is 0.230 e. The second kappa shape index (κ2) is 7.38. The molecule has 0 aromatic heterocycles. The maximum absolute atomic E-state index is 13.3. The molecule has 1 atom stereocenters. The second-order valence-corrected chi connectivity index (χ2v) is 6.11. The van der Waals surface area contributed by atoms with Gasteiger partial charge in [0.2, 0.25) is 5.91 Å². The minimum Gasteiger partial charge on any atom is -0.388 e.